The fraction of sp³-hybridized carbons (Fsp3) is 0.200. The lowest BCUT2D eigenvalue weighted by atomic mass is 10.1. The molecule has 24 heavy (non-hydrogen) atoms. The van der Waals surface area contributed by atoms with Gasteiger partial charge < -0.3 is 10.5 Å². The molecule has 0 unspecified atom stereocenters. The van der Waals surface area contributed by atoms with Crippen LogP contribution in [0.1, 0.15) is 5.56 Å². The molecule has 1 aromatic carbocycles. The molecule has 1 amide bonds. The van der Waals surface area contributed by atoms with Gasteiger partial charge in [-0.15, -0.1) is 0 Å². The third-order valence-electron chi connectivity index (χ3n) is 2.88. The van der Waals surface area contributed by atoms with Crippen molar-refractivity contribution >= 4 is 41.0 Å². The molecular weight excluding hydrogens is 368 g/mol. The van der Waals surface area contributed by atoms with Crippen LogP contribution in [0.5, 0.6) is 5.75 Å². The van der Waals surface area contributed by atoms with E-state index in [0.717, 1.165) is 11.8 Å². The number of nitrogens with two attached hydrogens (primary N) is 1. The molecule has 1 aromatic heterocycles. The lowest BCUT2D eigenvalue weighted by Gasteiger charge is -2.11. The molecule has 0 saturated carbocycles. The van der Waals surface area contributed by atoms with E-state index < -0.39 is 5.91 Å². The van der Waals surface area contributed by atoms with E-state index in [4.69, 9.17) is 22.1 Å². The zero-order valence-electron chi connectivity index (χ0n) is 12.9. The third kappa shape index (κ3) is 4.32. The molecule has 0 spiro atoms. The van der Waals surface area contributed by atoms with Gasteiger partial charge in [-0.3, -0.25) is 4.79 Å². The van der Waals surface area contributed by atoms with Gasteiger partial charge in [-0.25, -0.2) is 9.97 Å². The molecule has 9 heteroatoms. The van der Waals surface area contributed by atoms with Crippen LogP contribution in [-0.2, 0) is 4.79 Å². The fourth-order valence-corrected chi connectivity index (χ4v) is 3.25. The second kappa shape index (κ2) is 8.24. The first-order chi connectivity index (χ1) is 11.5. The summed E-state index contributed by atoms with van der Waals surface area (Å²) in [6.45, 7) is 0. The van der Waals surface area contributed by atoms with Crippen LogP contribution in [0.25, 0.3) is 11.3 Å². The molecule has 0 aliphatic carbocycles. The minimum atomic E-state index is -0.487. The first kappa shape index (κ1) is 18.4. The normalized spacial score (nSPS) is 10.2. The summed E-state index contributed by atoms with van der Waals surface area (Å²) in [5, 5.41) is 10.9. The van der Waals surface area contributed by atoms with E-state index in [-0.39, 0.29) is 11.3 Å². The number of thioether (sulfide) groups is 2. The molecule has 0 bridgehead atoms. The van der Waals surface area contributed by atoms with Crippen molar-refractivity contribution in [2.45, 2.75) is 10.2 Å². The van der Waals surface area contributed by atoms with Gasteiger partial charge in [-0.1, -0.05) is 35.1 Å². The molecule has 2 aromatic rings. The highest BCUT2D eigenvalue weighted by Gasteiger charge is 2.18. The summed E-state index contributed by atoms with van der Waals surface area (Å²) in [5.74, 6) is 0.0916. The number of aromatic nitrogens is 2. The highest BCUT2D eigenvalue weighted by Crippen LogP contribution is 2.34. The van der Waals surface area contributed by atoms with Crippen LogP contribution in [0, 0.1) is 11.3 Å². The first-order valence-corrected chi connectivity index (χ1v) is 9.19. The third-order valence-corrected chi connectivity index (χ3v) is 4.64. The maximum Gasteiger partial charge on any atom is 0.227 e. The van der Waals surface area contributed by atoms with Gasteiger partial charge in [-0.2, -0.15) is 5.26 Å². The highest BCUT2D eigenvalue weighted by atomic mass is 35.5. The van der Waals surface area contributed by atoms with Gasteiger partial charge in [0.2, 0.25) is 5.91 Å². The van der Waals surface area contributed by atoms with Gasteiger partial charge >= 0.3 is 0 Å². The Balaban J connectivity index is 2.64. The summed E-state index contributed by atoms with van der Waals surface area (Å²) in [6.07, 6.45) is 1.83. The molecular formula is C15H13ClN4O2S2. The van der Waals surface area contributed by atoms with E-state index in [1.54, 1.807) is 18.2 Å². The van der Waals surface area contributed by atoms with Crippen LogP contribution in [-0.4, -0.2) is 35.0 Å². The Morgan fingerprint density at radius 2 is 2.17 bits per heavy atom. The summed E-state index contributed by atoms with van der Waals surface area (Å²) in [5.41, 5.74) is 6.52. The van der Waals surface area contributed by atoms with Crippen molar-refractivity contribution in [3.63, 3.8) is 0 Å². The summed E-state index contributed by atoms with van der Waals surface area (Å²) >= 11 is 8.55. The highest BCUT2D eigenvalue weighted by molar-refractivity contribution is 8.00. The number of carbonyl (C=O) groups excluding carboxylic acids is 1. The Kier molecular flexibility index (Phi) is 6.31. The number of amides is 1. The number of hydrogen-bond donors (Lipinski definition) is 1. The molecule has 0 radical (unpaired) electrons. The van der Waals surface area contributed by atoms with E-state index in [2.05, 4.69) is 16.0 Å². The number of ether oxygens (including phenoxy) is 1. The average Bonchev–Trinajstić information content (AvgIpc) is 2.58. The number of methoxy groups -OCH3 is 1. The van der Waals surface area contributed by atoms with Crippen LogP contribution >= 0.6 is 35.1 Å². The van der Waals surface area contributed by atoms with Crippen LogP contribution < -0.4 is 10.5 Å². The molecule has 0 saturated heterocycles. The number of primary amides is 1. The number of halogens is 1. The fourth-order valence-electron chi connectivity index (χ4n) is 1.88. The Morgan fingerprint density at radius 3 is 2.75 bits per heavy atom. The lowest BCUT2D eigenvalue weighted by Crippen LogP contribution is -2.13. The summed E-state index contributed by atoms with van der Waals surface area (Å²) in [4.78, 5) is 19.8. The van der Waals surface area contributed by atoms with E-state index in [1.807, 2.05) is 6.26 Å². The Hall–Kier alpha value is -1.95. The quantitative estimate of drug-likeness (QED) is 0.466. The summed E-state index contributed by atoms with van der Waals surface area (Å²) < 4.78 is 5.21. The minimum absolute atomic E-state index is 0.0256. The van der Waals surface area contributed by atoms with Crippen molar-refractivity contribution in [2.24, 2.45) is 5.73 Å². The van der Waals surface area contributed by atoms with Gasteiger partial charge in [0.05, 0.1) is 18.6 Å². The summed E-state index contributed by atoms with van der Waals surface area (Å²) in [6, 6.07) is 7.20. The van der Waals surface area contributed by atoms with Gasteiger partial charge in [0.15, 0.2) is 5.16 Å². The summed E-state index contributed by atoms with van der Waals surface area (Å²) in [7, 11) is 1.53. The molecule has 0 atom stereocenters. The van der Waals surface area contributed by atoms with Gasteiger partial charge in [0.1, 0.15) is 22.4 Å². The van der Waals surface area contributed by atoms with Crippen molar-refractivity contribution in [1.29, 1.82) is 5.26 Å². The number of rotatable bonds is 6. The number of nitriles is 1. The van der Waals surface area contributed by atoms with Gasteiger partial charge in [0.25, 0.3) is 0 Å². The maximum atomic E-state index is 11.0. The SMILES string of the molecule is COc1cc(Cl)cc(-c2nc(SC)nc(SCC(N)=O)c2C#N)c1. The molecule has 1 heterocycles. The van der Waals surface area contributed by atoms with E-state index in [1.165, 1.54) is 18.9 Å². The Bertz CT molecular complexity index is 824. The monoisotopic (exact) mass is 380 g/mol. The standard InChI is InChI=1S/C15H13ClN4O2S2/c1-22-10-4-8(3-9(16)5-10)13-11(6-17)14(24-7-12(18)21)20-15(19-13)23-2/h3-5H,7H2,1-2H3,(H2,18,21). The molecule has 2 rings (SSSR count). The van der Waals surface area contributed by atoms with E-state index >= 15 is 0 Å². The maximum absolute atomic E-state index is 11.0. The molecule has 0 aliphatic rings. The van der Waals surface area contributed by atoms with Crippen molar-refractivity contribution in [3.05, 3.63) is 28.8 Å². The van der Waals surface area contributed by atoms with Crippen LogP contribution in [0.15, 0.2) is 28.4 Å². The zero-order valence-corrected chi connectivity index (χ0v) is 15.3. The molecule has 124 valence electrons. The van der Waals surface area contributed by atoms with E-state index in [9.17, 15) is 10.1 Å². The average molecular weight is 381 g/mol. The molecule has 2 N–H and O–H groups in total. The number of carbonyl (C=O) groups is 1. The molecule has 6 nitrogen and oxygen atoms in total. The van der Waals surface area contributed by atoms with Crippen LogP contribution in [0.3, 0.4) is 0 Å². The van der Waals surface area contributed by atoms with Crippen molar-refractivity contribution in [1.82, 2.24) is 9.97 Å². The van der Waals surface area contributed by atoms with Crippen molar-refractivity contribution < 1.29 is 9.53 Å². The minimum Gasteiger partial charge on any atom is -0.497 e. The number of nitrogens with zero attached hydrogens (tertiary/aromatic N) is 3. The van der Waals surface area contributed by atoms with Gasteiger partial charge in [-0.05, 0) is 24.5 Å². The van der Waals surface area contributed by atoms with E-state index in [0.29, 0.717) is 32.2 Å². The first-order valence-electron chi connectivity index (χ1n) is 6.60. The van der Waals surface area contributed by atoms with Crippen LogP contribution in [0.4, 0.5) is 0 Å². The Morgan fingerprint density at radius 1 is 1.42 bits per heavy atom. The lowest BCUT2D eigenvalue weighted by molar-refractivity contribution is -0.115. The number of benzene rings is 1. The second-order valence-electron chi connectivity index (χ2n) is 4.49. The smallest absolute Gasteiger partial charge is 0.227 e. The van der Waals surface area contributed by atoms with Crippen molar-refractivity contribution in [2.75, 3.05) is 19.1 Å². The predicted molar refractivity (Wildman–Crippen MR) is 95.4 cm³/mol. The molecule has 0 fully saturated rings. The van der Waals surface area contributed by atoms with Gasteiger partial charge in [0, 0.05) is 10.6 Å². The van der Waals surface area contributed by atoms with Crippen molar-refractivity contribution in [3.8, 4) is 23.1 Å². The Labute approximate surface area is 152 Å². The molecule has 0 aliphatic heterocycles. The second-order valence-corrected chi connectivity index (χ2v) is 6.66. The van der Waals surface area contributed by atoms with Crippen LogP contribution in [0.2, 0.25) is 5.02 Å². The zero-order chi connectivity index (χ0) is 17.7. The largest absolute Gasteiger partial charge is 0.497 e. The predicted octanol–water partition coefficient (Wildman–Crippen LogP) is 2.98. The number of hydrogen-bond acceptors (Lipinski definition) is 7. The topological polar surface area (TPSA) is 102 Å².